The van der Waals surface area contributed by atoms with E-state index in [-0.39, 0.29) is 5.91 Å². The lowest BCUT2D eigenvalue weighted by Crippen LogP contribution is -2.07. The molecule has 3 rings (SSSR count). The van der Waals surface area contributed by atoms with E-state index >= 15 is 0 Å². The minimum atomic E-state index is -0.179. The fourth-order valence-corrected chi connectivity index (χ4v) is 4.51. The van der Waals surface area contributed by atoms with Gasteiger partial charge in [0, 0.05) is 15.8 Å². The second-order valence-electron chi connectivity index (χ2n) is 5.22. The third-order valence-corrected chi connectivity index (χ3v) is 5.76. The van der Waals surface area contributed by atoms with Crippen LogP contribution in [0.25, 0.3) is 6.08 Å². The topological polar surface area (TPSA) is 52.9 Å². The Morgan fingerprint density at radius 3 is 2.95 bits per heavy atom. The van der Waals surface area contributed by atoms with Crippen LogP contribution in [0.5, 0.6) is 0 Å². The van der Waals surface area contributed by atoms with Gasteiger partial charge in [0.1, 0.15) is 11.1 Å². The summed E-state index contributed by atoms with van der Waals surface area (Å²) < 4.78 is 0. The van der Waals surface area contributed by atoms with Gasteiger partial charge in [-0.3, -0.25) is 4.79 Å². The highest BCUT2D eigenvalue weighted by Crippen LogP contribution is 2.36. The van der Waals surface area contributed by atoms with E-state index in [1.54, 1.807) is 28.7 Å². The summed E-state index contributed by atoms with van der Waals surface area (Å²) >= 11 is 3.15. The molecule has 0 saturated heterocycles. The minimum absolute atomic E-state index is 0.179. The first kappa shape index (κ1) is 15.0. The van der Waals surface area contributed by atoms with Crippen LogP contribution in [0.3, 0.4) is 0 Å². The Morgan fingerprint density at radius 2 is 2.18 bits per heavy atom. The van der Waals surface area contributed by atoms with Gasteiger partial charge in [-0.05, 0) is 48.8 Å². The van der Waals surface area contributed by atoms with Crippen molar-refractivity contribution in [3.05, 3.63) is 44.5 Å². The maximum atomic E-state index is 12.1. The Labute approximate surface area is 137 Å². The normalized spacial score (nSPS) is 14.3. The zero-order valence-corrected chi connectivity index (χ0v) is 13.7. The van der Waals surface area contributed by atoms with Crippen LogP contribution < -0.4 is 5.32 Å². The molecule has 0 spiro atoms. The van der Waals surface area contributed by atoms with E-state index < -0.39 is 0 Å². The zero-order valence-electron chi connectivity index (χ0n) is 12.1. The van der Waals surface area contributed by atoms with Crippen LogP contribution in [-0.2, 0) is 17.6 Å². The number of amides is 1. The number of nitrogens with one attached hydrogen (secondary N) is 1. The maximum Gasteiger partial charge on any atom is 0.249 e. The molecule has 2 aromatic heterocycles. The average molecular weight is 328 g/mol. The van der Waals surface area contributed by atoms with Crippen LogP contribution in [0.4, 0.5) is 5.00 Å². The van der Waals surface area contributed by atoms with E-state index in [0.29, 0.717) is 10.6 Å². The molecule has 1 aliphatic rings. The van der Waals surface area contributed by atoms with Crippen molar-refractivity contribution in [3.8, 4) is 6.07 Å². The number of hydrogen-bond donors (Lipinski definition) is 1. The SMILES string of the molecule is N#Cc1c(NC(=O)/C=C\c2cccs2)sc2c1CCCCC2. The second-order valence-corrected chi connectivity index (χ2v) is 7.30. The van der Waals surface area contributed by atoms with Gasteiger partial charge in [-0.1, -0.05) is 12.5 Å². The number of rotatable bonds is 3. The number of aryl methyl sites for hydroxylation is 1. The molecule has 0 aliphatic heterocycles. The predicted octanol–water partition coefficient (Wildman–Crippen LogP) is 4.60. The van der Waals surface area contributed by atoms with Crippen LogP contribution >= 0.6 is 22.7 Å². The van der Waals surface area contributed by atoms with Crippen molar-refractivity contribution in [2.24, 2.45) is 0 Å². The van der Waals surface area contributed by atoms with Crippen LogP contribution in [0.1, 0.15) is 40.1 Å². The van der Waals surface area contributed by atoms with Crippen LogP contribution in [-0.4, -0.2) is 5.91 Å². The maximum absolute atomic E-state index is 12.1. The molecule has 112 valence electrons. The number of carbonyl (C=O) groups excluding carboxylic acids is 1. The molecule has 22 heavy (non-hydrogen) atoms. The van der Waals surface area contributed by atoms with E-state index in [9.17, 15) is 10.1 Å². The standard InChI is InChI=1S/C17H16N2OS2/c18-11-14-13-6-2-1-3-7-15(13)22-17(14)19-16(20)9-8-12-5-4-10-21-12/h4-5,8-10H,1-3,6-7H2,(H,19,20)/b9-8-. The molecule has 3 nitrogen and oxygen atoms in total. The van der Waals surface area contributed by atoms with E-state index in [1.165, 1.54) is 23.8 Å². The Bertz CT molecular complexity index is 736. The molecular formula is C17H16N2OS2. The van der Waals surface area contributed by atoms with E-state index in [2.05, 4.69) is 11.4 Å². The molecule has 0 bridgehead atoms. The smallest absolute Gasteiger partial charge is 0.249 e. The molecule has 0 radical (unpaired) electrons. The number of thiophene rings is 2. The highest BCUT2D eigenvalue weighted by Gasteiger charge is 2.20. The van der Waals surface area contributed by atoms with E-state index in [4.69, 9.17) is 0 Å². The van der Waals surface area contributed by atoms with Crippen molar-refractivity contribution in [1.29, 1.82) is 5.26 Å². The first-order valence-corrected chi connectivity index (χ1v) is 9.05. The molecule has 1 N–H and O–H groups in total. The summed E-state index contributed by atoms with van der Waals surface area (Å²) in [6.45, 7) is 0. The van der Waals surface area contributed by atoms with Crippen molar-refractivity contribution in [2.75, 3.05) is 5.32 Å². The van der Waals surface area contributed by atoms with Gasteiger partial charge in [0.2, 0.25) is 5.91 Å². The molecular weight excluding hydrogens is 312 g/mol. The van der Waals surface area contributed by atoms with Gasteiger partial charge in [-0.25, -0.2) is 0 Å². The molecule has 5 heteroatoms. The Morgan fingerprint density at radius 1 is 1.32 bits per heavy atom. The molecule has 0 unspecified atom stereocenters. The predicted molar refractivity (Wildman–Crippen MR) is 92.3 cm³/mol. The summed E-state index contributed by atoms with van der Waals surface area (Å²) in [5.41, 5.74) is 1.82. The van der Waals surface area contributed by atoms with Crippen LogP contribution in [0.15, 0.2) is 23.6 Å². The summed E-state index contributed by atoms with van der Waals surface area (Å²) in [7, 11) is 0. The molecule has 2 aromatic rings. The first-order valence-electron chi connectivity index (χ1n) is 7.35. The number of nitriles is 1. The zero-order chi connectivity index (χ0) is 15.4. The Balaban J connectivity index is 1.77. The lowest BCUT2D eigenvalue weighted by molar-refractivity contribution is -0.111. The summed E-state index contributed by atoms with van der Waals surface area (Å²) in [6, 6.07) is 6.19. The lowest BCUT2D eigenvalue weighted by atomic mass is 10.1. The number of anilines is 1. The third-order valence-electron chi connectivity index (χ3n) is 3.71. The largest absolute Gasteiger partial charge is 0.313 e. The summed E-state index contributed by atoms with van der Waals surface area (Å²) in [6.07, 6.45) is 8.82. The second kappa shape index (κ2) is 6.91. The van der Waals surface area contributed by atoms with E-state index in [1.807, 2.05) is 17.5 Å². The third kappa shape index (κ3) is 3.29. The van der Waals surface area contributed by atoms with Gasteiger partial charge >= 0.3 is 0 Å². The van der Waals surface area contributed by atoms with Gasteiger partial charge in [0.15, 0.2) is 0 Å². The van der Waals surface area contributed by atoms with Crippen molar-refractivity contribution in [1.82, 2.24) is 0 Å². The Hall–Kier alpha value is -1.90. The van der Waals surface area contributed by atoms with Gasteiger partial charge < -0.3 is 5.32 Å². The van der Waals surface area contributed by atoms with Gasteiger partial charge in [0.05, 0.1) is 5.56 Å². The molecule has 0 atom stereocenters. The molecule has 0 aromatic carbocycles. The number of hydrogen-bond acceptors (Lipinski definition) is 4. The van der Waals surface area contributed by atoms with E-state index in [0.717, 1.165) is 29.7 Å². The highest BCUT2D eigenvalue weighted by atomic mass is 32.1. The average Bonchev–Trinajstić information content (AvgIpc) is 3.08. The molecule has 0 saturated carbocycles. The molecule has 1 aliphatic carbocycles. The molecule has 0 fully saturated rings. The van der Waals surface area contributed by atoms with Gasteiger partial charge in [-0.2, -0.15) is 5.26 Å². The van der Waals surface area contributed by atoms with Crippen molar-refractivity contribution in [3.63, 3.8) is 0 Å². The van der Waals surface area contributed by atoms with Crippen LogP contribution in [0, 0.1) is 11.3 Å². The van der Waals surface area contributed by atoms with Gasteiger partial charge in [0.25, 0.3) is 0 Å². The molecule has 1 amide bonds. The highest BCUT2D eigenvalue weighted by molar-refractivity contribution is 7.16. The summed E-state index contributed by atoms with van der Waals surface area (Å²) in [4.78, 5) is 14.4. The monoisotopic (exact) mass is 328 g/mol. The first-order chi connectivity index (χ1) is 10.8. The van der Waals surface area contributed by atoms with Crippen molar-refractivity contribution in [2.45, 2.75) is 32.1 Å². The number of carbonyl (C=O) groups is 1. The van der Waals surface area contributed by atoms with Crippen LogP contribution in [0.2, 0.25) is 0 Å². The summed E-state index contributed by atoms with van der Waals surface area (Å²) in [5.74, 6) is -0.179. The quantitative estimate of drug-likeness (QED) is 0.661. The fourth-order valence-electron chi connectivity index (χ4n) is 2.65. The van der Waals surface area contributed by atoms with Gasteiger partial charge in [-0.15, -0.1) is 22.7 Å². The minimum Gasteiger partial charge on any atom is -0.313 e. The van der Waals surface area contributed by atoms with Crippen molar-refractivity contribution < 1.29 is 4.79 Å². The fraction of sp³-hybridized carbons (Fsp3) is 0.294. The Kier molecular flexibility index (Phi) is 4.71. The molecule has 2 heterocycles. The summed E-state index contributed by atoms with van der Waals surface area (Å²) in [5, 5.41) is 15.0. The number of fused-ring (bicyclic) bond motifs is 1. The number of nitrogens with zero attached hydrogens (tertiary/aromatic N) is 1. The van der Waals surface area contributed by atoms with Crippen molar-refractivity contribution >= 4 is 39.7 Å². The lowest BCUT2D eigenvalue weighted by Gasteiger charge is -2.00.